The maximum Gasteiger partial charge on any atom is 0.238 e. The molecule has 3 aliphatic rings. The second-order valence-corrected chi connectivity index (χ2v) is 6.12. The second-order valence-electron chi connectivity index (χ2n) is 6.12. The van der Waals surface area contributed by atoms with E-state index < -0.39 is 0 Å². The molecule has 2 unspecified atom stereocenters. The lowest BCUT2D eigenvalue weighted by molar-refractivity contribution is -0.132. The largest absolute Gasteiger partial charge is 0.493 e. The smallest absolute Gasteiger partial charge is 0.238 e. The predicted molar refractivity (Wildman–Crippen MR) is 96.5 cm³/mol. The molecule has 25 heavy (non-hydrogen) atoms. The zero-order chi connectivity index (χ0) is 17.4. The summed E-state index contributed by atoms with van der Waals surface area (Å²) >= 11 is 0. The molecule has 0 N–H and O–H groups in total. The monoisotopic (exact) mass is 333 g/mol. The number of carbonyl (C=O) groups is 1. The molecule has 0 aromatic heterocycles. The summed E-state index contributed by atoms with van der Waals surface area (Å²) in [7, 11) is 3.23. The lowest BCUT2D eigenvalue weighted by Crippen LogP contribution is -2.41. The second kappa shape index (κ2) is 6.13. The van der Waals surface area contributed by atoms with E-state index in [0.29, 0.717) is 11.5 Å². The van der Waals surface area contributed by atoms with Gasteiger partial charge in [-0.2, -0.15) is 0 Å². The van der Waals surface area contributed by atoms with Gasteiger partial charge in [0.25, 0.3) is 0 Å². The fourth-order valence-corrected chi connectivity index (χ4v) is 3.51. The minimum Gasteiger partial charge on any atom is -0.493 e. The van der Waals surface area contributed by atoms with Gasteiger partial charge in [0.15, 0.2) is 11.5 Å². The van der Waals surface area contributed by atoms with Crippen LogP contribution in [0.5, 0.6) is 11.5 Å². The number of fused-ring (bicyclic) bond motifs is 1. The highest BCUT2D eigenvalue weighted by Gasteiger charge is 2.40. The number of ether oxygens (including phenoxy) is 2. The molecule has 2 atom stereocenters. The van der Waals surface area contributed by atoms with Crippen molar-refractivity contribution in [3.8, 4) is 11.5 Å². The van der Waals surface area contributed by atoms with Crippen LogP contribution in [0.1, 0.15) is 28.7 Å². The van der Waals surface area contributed by atoms with Crippen molar-refractivity contribution in [3.05, 3.63) is 77.5 Å². The fraction of sp³-hybridized carbons (Fsp3) is 0.190. The van der Waals surface area contributed by atoms with Crippen LogP contribution in [0.3, 0.4) is 0 Å². The number of methoxy groups -OCH3 is 2. The van der Waals surface area contributed by atoms with Crippen LogP contribution >= 0.6 is 0 Å². The predicted octanol–water partition coefficient (Wildman–Crippen LogP) is 3.91. The molecule has 0 fully saturated rings. The van der Waals surface area contributed by atoms with Gasteiger partial charge in [-0.25, -0.2) is 0 Å². The van der Waals surface area contributed by atoms with E-state index >= 15 is 0 Å². The average Bonchev–Trinajstić information content (AvgIpc) is 2.67. The van der Waals surface area contributed by atoms with Crippen LogP contribution in [-0.4, -0.2) is 25.0 Å². The molecule has 0 radical (unpaired) electrons. The van der Waals surface area contributed by atoms with Gasteiger partial charge in [0.05, 0.1) is 26.2 Å². The molecular formula is C21H19NO3. The fourth-order valence-electron chi connectivity index (χ4n) is 3.51. The molecule has 5 rings (SSSR count). The molecule has 126 valence electrons. The van der Waals surface area contributed by atoms with Crippen molar-refractivity contribution in [2.45, 2.75) is 12.0 Å². The highest BCUT2D eigenvalue weighted by Crippen LogP contribution is 2.47. The number of carbonyl (C=O) groups excluding carboxylic acids is 1. The molecule has 2 heterocycles. The van der Waals surface area contributed by atoms with Crippen LogP contribution in [0.2, 0.25) is 0 Å². The number of hydrogen-bond acceptors (Lipinski definition) is 3. The van der Waals surface area contributed by atoms with Gasteiger partial charge in [-0.15, -0.1) is 0 Å². The first-order chi connectivity index (χ1) is 12.2. The molecular weight excluding hydrogens is 314 g/mol. The first-order valence-corrected chi connectivity index (χ1v) is 8.22. The van der Waals surface area contributed by atoms with E-state index in [1.165, 1.54) is 0 Å². The Morgan fingerprint density at radius 1 is 0.960 bits per heavy atom. The SMILES string of the molecule is COc1cc2c(cc1OC)C1C=CC2C(=O)N1/C=C/c1ccccc1. The minimum atomic E-state index is -0.278. The lowest BCUT2D eigenvalue weighted by Gasteiger charge is -2.41. The van der Waals surface area contributed by atoms with Crippen LogP contribution in [0.25, 0.3) is 6.08 Å². The number of benzene rings is 2. The molecule has 2 aromatic rings. The summed E-state index contributed by atoms with van der Waals surface area (Å²) in [5, 5.41) is 0. The van der Waals surface area contributed by atoms with Crippen molar-refractivity contribution in [1.82, 2.24) is 4.90 Å². The Balaban J connectivity index is 1.74. The Hall–Kier alpha value is -3.01. The van der Waals surface area contributed by atoms with E-state index in [2.05, 4.69) is 6.08 Å². The summed E-state index contributed by atoms with van der Waals surface area (Å²) in [6.07, 6.45) is 7.90. The first kappa shape index (κ1) is 15.5. The van der Waals surface area contributed by atoms with Crippen LogP contribution in [0.4, 0.5) is 0 Å². The highest BCUT2D eigenvalue weighted by molar-refractivity contribution is 5.92. The standard InChI is InChI=1S/C21H19NO3/c1-24-19-12-16-15-8-9-18(17(16)13-20(19)25-2)22(21(15)23)11-10-14-6-4-3-5-7-14/h3-13,15,18H,1-2H3/b11-10+. The number of hydrogen-bond donors (Lipinski definition) is 0. The molecule has 0 spiro atoms. The lowest BCUT2D eigenvalue weighted by atomic mass is 9.79. The zero-order valence-corrected chi connectivity index (χ0v) is 14.2. The summed E-state index contributed by atoms with van der Waals surface area (Å²) in [5.41, 5.74) is 3.15. The van der Waals surface area contributed by atoms with Crippen molar-refractivity contribution >= 4 is 12.0 Å². The van der Waals surface area contributed by atoms with Crippen LogP contribution in [0, 0.1) is 0 Å². The molecule has 0 saturated carbocycles. The van der Waals surface area contributed by atoms with Gasteiger partial charge in [0.1, 0.15) is 0 Å². The Morgan fingerprint density at radius 2 is 1.64 bits per heavy atom. The third kappa shape index (κ3) is 2.50. The summed E-state index contributed by atoms with van der Waals surface area (Å²) in [6.45, 7) is 0. The average molecular weight is 333 g/mol. The van der Waals surface area contributed by atoms with Crippen LogP contribution in [0.15, 0.2) is 60.8 Å². The van der Waals surface area contributed by atoms with Gasteiger partial charge in [0, 0.05) is 6.20 Å². The van der Waals surface area contributed by atoms with Crippen molar-refractivity contribution in [1.29, 1.82) is 0 Å². The summed E-state index contributed by atoms with van der Waals surface area (Å²) in [5.74, 6) is 1.14. The quantitative estimate of drug-likeness (QED) is 0.796. The van der Waals surface area contributed by atoms with Gasteiger partial charge in [0.2, 0.25) is 5.91 Å². The third-order valence-electron chi connectivity index (χ3n) is 4.78. The van der Waals surface area contributed by atoms with Gasteiger partial charge < -0.3 is 14.4 Å². The van der Waals surface area contributed by atoms with E-state index in [0.717, 1.165) is 16.7 Å². The van der Waals surface area contributed by atoms with Gasteiger partial charge >= 0.3 is 0 Å². The molecule has 0 saturated heterocycles. The van der Waals surface area contributed by atoms with Crippen molar-refractivity contribution in [3.63, 3.8) is 0 Å². The Bertz CT molecular complexity index is 870. The van der Waals surface area contributed by atoms with Crippen molar-refractivity contribution in [2.24, 2.45) is 0 Å². The van der Waals surface area contributed by atoms with Gasteiger partial charge in [-0.3, -0.25) is 4.79 Å². The maximum absolute atomic E-state index is 12.9. The minimum absolute atomic E-state index is 0.0828. The first-order valence-electron chi connectivity index (χ1n) is 8.22. The Morgan fingerprint density at radius 3 is 2.32 bits per heavy atom. The zero-order valence-electron chi connectivity index (χ0n) is 14.2. The van der Waals surface area contributed by atoms with E-state index in [1.807, 2.05) is 60.8 Å². The summed E-state index contributed by atoms with van der Waals surface area (Å²) < 4.78 is 10.8. The molecule has 1 aliphatic carbocycles. The normalized spacial score (nSPS) is 20.9. The Labute approximate surface area is 147 Å². The molecule has 2 bridgehead atoms. The maximum atomic E-state index is 12.9. The van der Waals surface area contributed by atoms with E-state index in [-0.39, 0.29) is 17.9 Å². The Kier molecular flexibility index (Phi) is 3.80. The van der Waals surface area contributed by atoms with E-state index in [4.69, 9.17) is 9.47 Å². The van der Waals surface area contributed by atoms with Gasteiger partial charge in [-0.1, -0.05) is 42.5 Å². The summed E-state index contributed by atoms with van der Waals surface area (Å²) in [4.78, 5) is 14.7. The molecule has 4 heteroatoms. The third-order valence-corrected chi connectivity index (χ3v) is 4.78. The van der Waals surface area contributed by atoms with E-state index in [9.17, 15) is 4.79 Å². The highest BCUT2D eigenvalue weighted by atomic mass is 16.5. The molecule has 2 aliphatic heterocycles. The van der Waals surface area contributed by atoms with Crippen molar-refractivity contribution < 1.29 is 14.3 Å². The van der Waals surface area contributed by atoms with Crippen LogP contribution < -0.4 is 9.47 Å². The number of amides is 1. The summed E-state index contributed by atoms with van der Waals surface area (Å²) in [6, 6.07) is 13.8. The molecule has 4 nitrogen and oxygen atoms in total. The number of nitrogens with zero attached hydrogens (tertiary/aromatic N) is 1. The van der Waals surface area contributed by atoms with Crippen molar-refractivity contribution in [2.75, 3.05) is 14.2 Å². The van der Waals surface area contributed by atoms with Crippen LogP contribution in [-0.2, 0) is 4.79 Å². The number of rotatable bonds is 4. The van der Waals surface area contributed by atoms with Gasteiger partial charge in [-0.05, 0) is 34.9 Å². The molecule has 1 amide bonds. The molecule has 2 aromatic carbocycles. The van der Waals surface area contributed by atoms with E-state index in [1.54, 1.807) is 19.1 Å². The topological polar surface area (TPSA) is 38.8 Å².